The van der Waals surface area contributed by atoms with Gasteiger partial charge in [0.15, 0.2) is 0 Å². The summed E-state index contributed by atoms with van der Waals surface area (Å²) in [7, 11) is -1.71. The second kappa shape index (κ2) is 9.79. The van der Waals surface area contributed by atoms with Gasteiger partial charge in [0, 0.05) is 44.1 Å². The van der Waals surface area contributed by atoms with Crippen LogP contribution in [0.1, 0.15) is 41.7 Å². The van der Waals surface area contributed by atoms with Crippen LogP contribution in [0, 0.1) is 12.8 Å². The molecule has 1 aliphatic carbocycles. The van der Waals surface area contributed by atoms with Gasteiger partial charge in [0.2, 0.25) is 10.0 Å². The number of rotatable bonds is 8. The third kappa shape index (κ3) is 5.05. The minimum atomic E-state index is -3.57. The Morgan fingerprint density at radius 2 is 1.95 bits per heavy atom. The quantitative estimate of drug-likeness (QED) is 0.342. The molecule has 0 atom stereocenters. The Balaban J connectivity index is 1.14. The molecule has 4 aromatic rings. The highest BCUT2D eigenvalue weighted by molar-refractivity contribution is 7.92. The first kappa shape index (κ1) is 25.0. The zero-order valence-corrected chi connectivity index (χ0v) is 22.9. The molecule has 4 aromatic heterocycles. The number of anilines is 2. The van der Waals surface area contributed by atoms with Crippen molar-refractivity contribution in [1.82, 2.24) is 29.3 Å². The largest absolute Gasteiger partial charge is 0.320 e. The molecular formula is C25H30N8O3S2. The van der Waals surface area contributed by atoms with Crippen LogP contribution in [-0.2, 0) is 17.1 Å². The van der Waals surface area contributed by atoms with Crippen molar-refractivity contribution in [2.75, 3.05) is 28.9 Å². The van der Waals surface area contributed by atoms with E-state index < -0.39 is 10.0 Å². The molecule has 0 aromatic carbocycles. The maximum Gasteiger partial charge on any atom is 0.260 e. The van der Waals surface area contributed by atoms with Crippen LogP contribution in [0.15, 0.2) is 37.1 Å². The predicted octanol–water partition coefficient (Wildman–Crippen LogP) is 3.37. The van der Waals surface area contributed by atoms with E-state index in [-0.39, 0.29) is 11.7 Å². The SMILES string of the molecule is Cc1ncc(NS(=O)(=O)CCN2CC3CCC2CC3)cc1NC(=O)c1cnn2cc(-c3cnn(C)c3)sc12. The summed E-state index contributed by atoms with van der Waals surface area (Å²) in [5.74, 6) is 0.388. The van der Waals surface area contributed by atoms with E-state index in [1.165, 1.54) is 49.4 Å². The molecule has 13 heteroatoms. The average molecular weight is 555 g/mol. The van der Waals surface area contributed by atoms with Gasteiger partial charge in [0.25, 0.3) is 5.91 Å². The van der Waals surface area contributed by atoms with E-state index in [1.54, 1.807) is 28.4 Å². The summed E-state index contributed by atoms with van der Waals surface area (Å²) in [6.07, 6.45) is 13.4. The van der Waals surface area contributed by atoms with Gasteiger partial charge >= 0.3 is 0 Å². The smallest absolute Gasteiger partial charge is 0.260 e. The van der Waals surface area contributed by atoms with Crippen molar-refractivity contribution in [1.29, 1.82) is 0 Å². The summed E-state index contributed by atoms with van der Waals surface area (Å²) < 4.78 is 31.7. The molecule has 38 heavy (non-hydrogen) atoms. The van der Waals surface area contributed by atoms with Crippen molar-refractivity contribution in [2.24, 2.45) is 13.0 Å². The summed E-state index contributed by atoms with van der Waals surface area (Å²) in [4.78, 5) is 21.5. The summed E-state index contributed by atoms with van der Waals surface area (Å²) in [5.41, 5.74) is 2.71. The lowest BCUT2D eigenvalue weighted by molar-refractivity contribution is 0.0545. The normalized spacial score (nSPS) is 19.7. The number of hydrogen-bond acceptors (Lipinski definition) is 8. The van der Waals surface area contributed by atoms with E-state index in [2.05, 4.69) is 30.1 Å². The van der Waals surface area contributed by atoms with E-state index >= 15 is 0 Å². The van der Waals surface area contributed by atoms with Crippen molar-refractivity contribution in [2.45, 2.75) is 38.6 Å². The van der Waals surface area contributed by atoms with Crippen molar-refractivity contribution in [3.8, 4) is 10.4 Å². The van der Waals surface area contributed by atoms with Gasteiger partial charge < -0.3 is 5.32 Å². The van der Waals surface area contributed by atoms with Crippen LogP contribution in [0.2, 0.25) is 0 Å². The molecule has 7 rings (SSSR count). The highest BCUT2D eigenvalue weighted by Gasteiger charge is 2.34. The average Bonchev–Trinajstić information content (AvgIpc) is 3.61. The second-order valence-corrected chi connectivity index (χ2v) is 13.1. The molecule has 0 spiro atoms. The Morgan fingerprint density at radius 3 is 2.66 bits per heavy atom. The van der Waals surface area contributed by atoms with Crippen LogP contribution < -0.4 is 10.0 Å². The Hall–Kier alpha value is -3.29. The van der Waals surface area contributed by atoms with Crippen molar-refractivity contribution in [3.63, 3.8) is 0 Å². The number of aromatic nitrogens is 5. The van der Waals surface area contributed by atoms with Crippen LogP contribution in [0.3, 0.4) is 0 Å². The number of amides is 1. The molecule has 1 saturated carbocycles. The first-order valence-electron chi connectivity index (χ1n) is 12.7. The fourth-order valence-electron chi connectivity index (χ4n) is 5.44. The number of sulfonamides is 1. The molecule has 2 aliphatic heterocycles. The molecule has 200 valence electrons. The monoisotopic (exact) mass is 554 g/mol. The van der Waals surface area contributed by atoms with Crippen LogP contribution in [0.25, 0.3) is 15.3 Å². The minimum Gasteiger partial charge on any atom is -0.320 e. The topological polar surface area (TPSA) is 127 Å². The molecule has 3 aliphatic rings. The molecular weight excluding hydrogens is 524 g/mol. The molecule has 1 amide bonds. The molecule has 2 bridgehead atoms. The number of aryl methyl sites for hydroxylation is 2. The highest BCUT2D eigenvalue weighted by atomic mass is 32.2. The number of piperidine rings is 2. The molecule has 0 unspecified atom stereocenters. The molecule has 11 nitrogen and oxygen atoms in total. The van der Waals surface area contributed by atoms with Crippen molar-refractivity contribution < 1.29 is 13.2 Å². The summed E-state index contributed by atoms with van der Waals surface area (Å²) in [6.45, 7) is 3.29. The lowest BCUT2D eigenvalue weighted by Crippen LogP contribution is -2.49. The highest BCUT2D eigenvalue weighted by Crippen LogP contribution is 2.35. The number of fused-ring (bicyclic) bond motifs is 4. The van der Waals surface area contributed by atoms with Gasteiger partial charge in [-0.2, -0.15) is 10.2 Å². The number of carbonyl (C=O) groups excluding carboxylic acids is 1. The standard InChI is InChI=1S/C25H30N8O3S2/c1-16-22(29-24(34)21-12-28-33-15-23(37-25(21)33)18-10-27-31(2)14-18)9-19(11-26-16)30-38(35,36)8-7-32-13-17-3-5-20(32)6-4-17/h9-12,14-15,17,20,30H,3-8,13H2,1-2H3,(H,29,34). The van der Waals surface area contributed by atoms with Gasteiger partial charge in [-0.1, -0.05) is 0 Å². The Kier molecular flexibility index (Phi) is 6.44. The van der Waals surface area contributed by atoms with Gasteiger partial charge in [-0.05, 0) is 44.6 Å². The molecule has 0 radical (unpaired) electrons. The fourth-order valence-corrected chi connectivity index (χ4v) is 7.52. The van der Waals surface area contributed by atoms with Crippen molar-refractivity contribution in [3.05, 3.63) is 48.3 Å². The first-order chi connectivity index (χ1) is 18.2. The Labute approximate surface area is 224 Å². The van der Waals surface area contributed by atoms with Crippen LogP contribution in [-0.4, -0.2) is 68.5 Å². The number of pyridine rings is 1. The number of hydrogen-bond donors (Lipinski definition) is 2. The molecule has 6 heterocycles. The minimum absolute atomic E-state index is 0.0256. The van der Waals surface area contributed by atoms with Gasteiger partial charge in [-0.15, -0.1) is 11.3 Å². The maximum absolute atomic E-state index is 13.2. The Bertz CT molecular complexity index is 1600. The third-order valence-electron chi connectivity index (χ3n) is 7.51. The zero-order chi connectivity index (χ0) is 26.4. The van der Waals surface area contributed by atoms with E-state index in [1.807, 2.05) is 19.4 Å². The third-order valence-corrected chi connectivity index (χ3v) is 9.94. The summed E-state index contributed by atoms with van der Waals surface area (Å²) in [5, 5.41) is 11.4. The zero-order valence-electron chi connectivity index (χ0n) is 21.3. The van der Waals surface area contributed by atoms with E-state index in [0.29, 0.717) is 46.0 Å². The maximum atomic E-state index is 13.2. The lowest BCUT2D eigenvalue weighted by Gasteiger charge is -2.45. The van der Waals surface area contributed by atoms with Gasteiger partial charge in [0.05, 0.1) is 51.9 Å². The number of thiazole rings is 1. The van der Waals surface area contributed by atoms with Crippen LogP contribution in [0.4, 0.5) is 11.4 Å². The number of carbonyl (C=O) groups is 1. The van der Waals surface area contributed by atoms with E-state index in [9.17, 15) is 13.2 Å². The van der Waals surface area contributed by atoms with E-state index in [0.717, 1.165) is 17.0 Å². The second-order valence-electron chi connectivity index (χ2n) is 10.2. The fraction of sp³-hybridized carbons (Fsp3) is 0.440. The Morgan fingerprint density at radius 1 is 1.13 bits per heavy atom. The molecule has 2 N–H and O–H groups in total. The number of nitrogens with zero attached hydrogens (tertiary/aromatic N) is 6. The van der Waals surface area contributed by atoms with Gasteiger partial charge in [-0.3, -0.25) is 24.1 Å². The van der Waals surface area contributed by atoms with E-state index in [4.69, 9.17) is 0 Å². The van der Waals surface area contributed by atoms with Gasteiger partial charge in [0.1, 0.15) is 4.83 Å². The summed E-state index contributed by atoms with van der Waals surface area (Å²) >= 11 is 1.45. The number of nitrogens with one attached hydrogen (secondary N) is 2. The molecule has 3 fully saturated rings. The van der Waals surface area contributed by atoms with Crippen LogP contribution >= 0.6 is 11.3 Å². The molecule has 2 saturated heterocycles. The van der Waals surface area contributed by atoms with Crippen LogP contribution in [0.5, 0.6) is 0 Å². The predicted molar refractivity (Wildman–Crippen MR) is 147 cm³/mol. The first-order valence-corrected chi connectivity index (χ1v) is 15.2. The van der Waals surface area contributed by atoms with Crippen molar-refractivity contribution >= 4 is 43.5 Å². The lowest BCUT2D eigenvalue weighted by atomic mass is 9.80. The summed E-state index contributed by atoms with van der Waals surface area (Å²) in [6, 6.07) is 2.12. The van der Waals surface area contributed by atoms with Gasteiger partial charge in [-0.25, -0.2) is 12.9 Å².